The third-order valence-electron chi connectivity index (χ3n) is 3.70. The third kappa shape index (κ3) is 2.98. The predicted molar refractivity (Wildman–Crippen MR) is 94.8 cm³/mol. The first-order valence-electron chi connectivity index (χ1n) is 7.88. The van der Waals surface area contributed by atoms with Crippen LogP contribution >= 0.6 is 11.6 Å². The molecule has 25 heavy (non-hydrogen) atoms. The Labute approximate surface area is 149 Å². The maximum absolute atomic E-state index is 6.28. The van der Waals surface area contributed by atoms with Gasteiger partial charge in [0.1, 0.15) is 11.5 Å². The minimum Gasteiger partial charge on any atom is -0.489 e. The van der Waals surface area contributed by atoms with Crippen molar-refractivity contribution >= 4 is 11.6 Å². The largest absolute Gasteiger partial charge is 0.489 e. The van der Waals surface area contributed by atoms with Gasteiger partial charge in [-0.3, -0.25) is 0 Å². The molecular formula is C19H15ClN2O3. The number of nitrogens with zero attached hydrogens (tertiary/aromatic N) is 2. The van der Waals surface area contributed by atoms with Crippen LogP contribution in [0.2, 0.25) is 5.02 Å². The van der Waals surface area contributed by atoms with E-state index in [9.17, 15) is 0 Å². The maximum Gasteiger partial charge on any atom is 0.258 e. The van der Waals surface area contributed by atoms with Gasteiger partial charge >= 0.3 is 0 Å². The second kappa shape index (κ2) is 6.26. The zero-order valence-corrected chi connectivity index (χ0v) is 14.4. The molecule has 0 radical (unpaired) electrons. The van der Waals surface area contributed by atoms with Crippen LogP contribution in [0.15, 0.2) is 57.7 Å². The molecule has 2 aromatic rings. The highest BCUT2D eigenvalue weighted by molar-refractivity contribution is 6.32. The van der Waals surface area contributed by atoms with Gasteiger partial charge in [-0.15, -0.1) is 0 Å². The molecule has 0 saturated carbocycles. The second-order valence-electron chi connectivity index (χ2n) is 5.87. The van der Waals surface area contributed by atoms with Crippen molar-refractivity contribution < 1.29 is 13.7 Å². The molecule has 0 fully saturated rings. The Morgan fingerprint density at radius 2 is 1.96 bits per heavy atom. The molecule has 1 aliphatic heterocycles. The third-order valence-corrected chi connectivity index (χ3v) is 4.00. The quantitative estimate of drug-likeness (QED) is 0.481. The molecule has 0 bridgehead atoms. The summed E-state index contributed by atoms with van der Waals surface area (Å²) in [5.74, 6) is 2.31. The number of hydrogen-bond acceptors (Lipinski definition) is 5. The number of rotatable bonds is 4. The van der Waals surface area contributed by atoms with Crippen LogP contribution in [0.25, 0.3) is 34.2 Å². The highest BCUT2D eigenvalue weighted by Crippen LogP contribution is 2.35. The van der Waals surface area contributed by atoms with Gasteiger partial charge in [-0.05, 0) is 44.2 Å². The van der Waals surface area contributed by atoms with Gasteiger partial charge in [0.25, 0.3) is 5.89 Å². The minimum absolute atomic E-state index is 0.0498. The molecule has 1 aromatic carbocycles. The van der Waals surface area contributed by atoms with Crippen LogP contribution in [-0.4, -0.2) is 16.2 Å². The van der Waals surface area contributed by atoms with E-state index in [1.807, 2.05) is 44.2 Å². The van der Waals surface area contributed by atoms with E-state index in [4.69, 9.17) is 25.3 Å². The minimum atomic E-state index is 0.0498. The van der Waals surface area contributed by atoms with Crippen LogP contribution in [0.5, 0.6) is 5.75 Å². The smallest absolute Gasteiger partial charge is 0.258 e. The van der Waals surface area contributed by atoms with Crippen molar-refractivity contribution in [1.29, 1.82) is 0 Å². The van der Waals surface area contributed by atoms with E-state index in [0.29, 0.717) is 22.5 Å². The molecule has 6 heteroatoms. The number of hydrogen-bond donors (Lipinski definition) is 0. The summed E-state index contributed by atoms with van der Waals surface area (Å²) >= 11 is 6.28. The summed E-state index contributed by atoms with van der Waals surface area (Å²) in [4.78, 5) is 4.49. The van der Waals surface area contributed by atoms with Crippen LogP contribution in [0.3, 0.4) is 0 Å². The van der Waals surface area contributed by atoms with Crippen molar-refractivity contribution in [2.45, 2.75) is 20.0 Å². The first-order chi connectivity index (χ1) is 12.1. The average Bonchev–Trinajstić information content (AvgIpc) is 3.24. The molecule has 0 N–H and O–H groups in total. The van der Waals surface area contributed by atoms with Crippen LogP contribution in [0, 0.1) is 0 Å². The first kappa shape index (κ1) is 15.7. The molecule has 5 nitrogen and oxygen atoms in total. The number of benzene rings is 1. The lowest BCUT2D eigenvalue weighted by Crippen LogP contribution is -2.05. The summed E-state index contributed by atoms with van der Waals surface area (Å²) in [6.45, 7) is 3.90. The average molecular weight is 355 g/mol. The van der Waals surface area contributed by atoms with E-state index < -0.39 is 0 Å². The Morgan fingerprint density at radius 1 is 1.08 bits per heavy atom. The molecule has 0 amide bonds. The molecule has 1 aromatic heterocycles. The molecule has 2 heterocycles. The Morgan fingerprint density at radius 3 is 2.76 bits per heavy atom. The lowest BCUT2D eigenvalue weighted by atomic mass is 10.1. The van der Waals surface area contributed by atoms with E-state index >= 15 is 0 Å². The molecule has 0 spiro atoms. The molecule has 1 aliphatic carbocycles. The Bertz CT molecular complexity index is 990. The first-order valence-corrected chi connectivity index (χ1v) is 8.26. The molecule has 0 atom stereocenters. The summed E-state index contributed by atoms with van der Waals surface area (Å²) in [5, 5.41) is 4.59. The summed E-state index contributed by atoms with van der Waals surface area (Å²) < 4.78 is 16.5. The predicted octanol–water partition coefficient (Wildman–Crippen LogP) is 5.54. The van der Waals surface area contributed by atoms with Crippen LogP contribution in [0.1, 0.15) is 13.8 Å². The van der Waals surface area contributed by atoms with Gasteiger partial charge < -0.3 is 13.7 Å². The van der Waals surface area contributed by atoms with Gasteiger partial charge in [0, 0.05) is 16.7 Å². The highest BCUT2D eigenvalue weighted by Gasteiger charge is 2.18. The van der Waals surface area contributed by atoms with Gasteiger partial charge in [-0.2, -0.15) is 4.98 Å². The van der Waals surface area contributed by atoms with Gasteiger partial charge in [-0.1, -0.05) is 28.9 Å². The maximum atomic E-state index is 6.28. The van der Waals surface area contributed by atoms with Gasteiger partial charge in [0.15, 0.2) is 0 Å². The monoisotopic (exact) mass is 354 g/mol. The van der Waals surface area contributed by atoms with Gasteiger partial charge in [-0.25, -0.2) is 0 Å². The fourth-order valence-electron chi connectivity index (χ4n) is 2.62. The fourth-order valence-corrected chi connectivity index (χ4v) is 2.85. The summed E-state index contributed by atoms with van der Waals surface area (Å²) in [6.07, 6.45) is 1.66. The van der Waals surface area contributed by atoms with E-state index in [0.717, 1.165) is 22.5 Å². The van der Waals surface area contributed by atoms with Crippen molar-refractivity contribution in [3.63, 3.8) is 0 Å². The topological polar surface area (TPSA) is 61.3 Å². The van der Waals surface area contributed by atoms with Gasteiger partial charge in [0.05, 0.1) is 17.4 Å². The van der Waals surface area contributed by atoms with Crippen LogP contribution in [0.4, 0.5) is 0 Å². The number of aromatic nitrogens is 2. The second-order valence-corrected chi connectivity index (χ2v) is 6.28. The molecule has 126 valence electrons. The summed E-state index contributed by atoms with van der Waals surface area (Å²) in [5.41, 5.74) is 2.53. The van der Waals surface area contributed by atoms with Gasteiger partial charge in [0.2, 0.25) is 5.82 Å². The fraction of sp³-hybridized carbons (Fsp3) is 0.158. The summed E-state index contributed by atoms with van der Waals surface area (Å²) in [7, 11) is 0. The Hall–Kier alpha value is -2.79. The lowest BCUT2D eigenvalue weighted by molar-refractivity contribution is 0.242. The number of ether oxygens (including phenoxy) is 1. The zero-order valence-electron chi connectivity index (χ0n) is 13.7. The zero-order chi connectivity index (χ0) is 17.4. The van der Waals surface area contributed by atoms with Crippen molar-refractivity contribution in [3.05, 3.63) is 53.8 Å². The Kier molecular flexibility index (Phi) is 3.93. The van der Waals surface area contributed by atoms with E-state index in [-0.39, 0.29) is 6.10 Å². The summed E-state index contributed by atoms with van der Waals surface area (Å²) in [6, 6.07) is 13.0. The van der Waals surface area contributed by atoms with Crippen molar-refractivity contribution in [3.8, 4) is 39.9 Å². The Balaban J connectivity index is 1.68. The standard InChI is InChI=1S/C19H15ClN2O3/c1-11(2)24-17-7-6-12(10-15(17)20)19-21-18(22-25-19)14-8-9-23-16-5-3-4-13(14)16/h3-11H,1-2H3. The SMILES string of the molecule is CC(C)Oc1ccc(-c2nc(-c3ccoc4cccc3-4)no2)cc1Cl. The van der Waals surface area contributed by atoms with Crippen molar-refractivity contribution in [1.82, 2.24) is 10.1 Å². The van der Waals surface area contributed by atoms with Crippen LogP contribution < -0.4 is 4.74 Å². The van der Waals surface area contributed by atoms with E-state index in [2.05, 4.69) is 10.1 Å². The molecule has 4 rings (SSSR count). The van der Waals surface area contributed by atoms with Crippen LogP contribution in [-0.2, 0) is 0 Å². The van der Waals surface area contributed by atoms with Crippen molar-refractivity contribution in [2.24, 2.45) is 0 Å². The molecule has 0 saturated heterocycles. The highest BCUT2D eigenvalue weighted by atomic mass is 35.5. The molecule has 2 aliphatic rings. The normalized spacial score (nSPS) is 11.4. The lowest BCUT2D eigenvalue weighted by Gasteiger charge is -2.11. The van der Waals surface area contributed by atoms with Crippen molar-refractivity contribution in [2.75, 3.05) is 0 Å². The van der Waals surface area contributed by atoms with E-state index in [1.54, 1.807) is 18.4 Å². The number of halogens is 1. The number of fused-ring (bicyclic) bond motifs is 1. The molecular weight excluding hydrogens is 340 g/mol. The molecule has 0 unspecified atom stereocenters. The van der Waals surface area contributed by atoms with E-state index in [1.165, 1.54) is 0 Å².